The van der Waals surface area contributed by atoms with Crippen molar-refractivity contribution in [3.05, 3.63) is 297 Å². The van der Waals surface area contributed by atoms with E-state index in [-0.39, 0.29) is 21.7 Å². The van der Waals surface area contributed by atoms with Crippen molar-refractivity contribution in [2.24, 2.45) is 0 Å². The second-order valence-corrected chi connectivity index (χ2v) is 29.5. The Morgan fingerprint density at radius 2 is 0.878 bits per heavy atom. The van der Waals surface area contributed by atoms with Gasteiger partial charge in [0.15, 0.2) is 0 Å². The number of aromatic nitrogens is 3. The number of rotatable bonds is 8. The van der Waals surface area contributed by atoms with E-state index in [1.54, 1.807) is 0 Å². The zero-order valence-electron chi connectivity index (χ0n) is 53.6. The first-order valence-electron chi connectivity index (χ1n) is 31.5. The monoisotopic (exact) mass is 1350 g/mol. The summed E-state index contributed by atoms with van der Waals surface area (Å²) >= 11 is 2.56. The van der Waals surface area contributed by atoms with Crippen LogP contribution in [0.15, 0.2) is 249 Å². The van der Waals surface area contributed by atoms with Gasteiger partial charge in [0, 0.05) is 11.9 Å². The fourth-order valence-electron chi connectivity index (χ4n) is 13.8. The molecule has 0 saturated heterocycles. The van der Waals surface area contributed by atoms with Gasteiger partial charge in [-0.25, -0.2) is 0 Å². The maximum absolute atomic E-state index is 7.63. The first-order chi connectivity index (χ1) is 43.1. The fourth-order valence-corrected chi connectivity index (χ4v) is 14.9. The molecule has 2 aromatic heterocycles. The van der Waals surface area contributed by atoms with Gasteiger partial charge >= 0.3 is 357 Å². The first kappa shape index (κ1) is 58.6. The van der Waals surface area contributed by atoms with Crippen LogP contribution in [0.1, 0.15) is 128 Å². The Kier molecular flexibility index (Phi) is 14.2. The van der Waals surface area contributed by atoms with Crippen LogP contribution in [0.3, 0.4) is 0 Å². The SMILES string of the molecule is CC(C)(C)c1ccnc(N2c3ccc(C(C)(C)C)cc3C3(c4ccccc4N(c4ccccc4)c4ccccc43)c3cc(C(C)(C)C)c(Oc4cccc(-n5[c](=[Pt])n(-c6c(-c7ccccc7)cc(C(C)(C)C)cc6-c6ccccc6)c6ccccc65)c4)cc32)c1. The van der Waals surface area contributed by atoms with Crippen LogP contribution in [0.5, 0.6) is 11.5 Å². The minimum absolute atomic E-state index is 0.102. The van der Waals surface area contributed by atoms with Crippen LogP contribution in [0.25, 0.3) is 44.7 Å². The van der Waals surface area contributed by atoms with E-state index in [1.807, 2.05) is 6.20 Å². The molecule has 10 aromatic carbocycles. The number of anilines is 6. The third-order valence-corrected chi connectivity index (χ3v) is 19.4. The average molecular weight is 1360 g/mol. The Morgan fingerprint density at radius 1 is 0.378 bits per heavy atom. The summed E-state index contributed by atoms with van der Waals surface area (Å²) in [7, 11) is 0. The topological polar surface area (TPSA) is 38.5 Å². The van der Waals surface area contributed by atoms with Crippen molar-refractivity contribution < 1.29 is 24.1 Å². The second kappa shape index (κ2) is 21.8. The summed E-state index contributed by atoms with van der Waals surface area (Å²) in [6, 6.07) is 89.6. The van der Waals surface area contributed by atoms with E-state index in [0.29, 0.717) is 0 Å². The first-order valence-corrected chi connectivity index (χ1v) is 32.6. The van der Waals surface area contributed by atoms with Gasteiger partial charge in [-0.2, -0.15) is 0 Å². The molecular formula is C83H77N5OPt. The number of nitrogens with zero attached hydrogens (tertiary/aromatic N) is 5. The predicted molar refractivity (Wildman–Crippen MR) is 371 cm³/mol. The van der Waals surface area contributed by atoms with Crippen LogP contribution in [0.2, 0.25) is 0 Å². The van der Waals surface area contributed by atoms with Gasteiger partial charge in [-0.1, -0.05) is 108 Å². The summed E-state index contributed by atoms with van der Waals surface area (Å²) in [6.45, 7) is 27.7. The van der Waals surface area contributed by atoms with Gasteiger partial charge in [0.1, 0.15) is 0 Å². The van der Waals surface area contributed by atoms with Crippen molar-refractivity contribution in [3.8, 4) is 45.1 Å². The van der Waals surface area contributed by atoms with Crippen molar-refractivity contribution in [2.75, 3.05) is 9.80 Å². The Morgan fingerprint density at radius 3 is 1.46 bits per heavy atom. The van der Waals surface area contributed by atoms with Crippen LogP contribution < -0.4 is 14.5 Å². The summed E-state index contributed by atoms with van der Waals surface area (Å²) in [5.74, 6) is 2.36. The Labute approximate surface area is 542 Å². The van der Waals surface area contributed by atoms with Crippen LogP contribution in [-0.2, 0) is 46.4 Å². The number of imidazole rings is 1. The van der Waals surface area contributed by atoms with Crippen molar-refractivity contribution in [1.29, 1.82) is 0 Å². The molecular weight excluding hydrogens is 1280 g/mol. The van der Waals surface area contributed by atoms with E-state index in [2.05, 4.69) is 364 Å². The van der Waals surface area contributed by atoms with Gasteiger partial charge in [0.05, 0.1) is 11.4 Å². The number of pyridine rings is 1. The minimum atomic E-state index is -0.809. The Balaban J connectivity index is 1.02. The molecule has 7 heteroatoms. The normalized spacial score (nSPS) is 13.7. The van der Waals surface area contributed by atoms with E-state index in [4.69, 9.17) is 9.72 Å². The van der Waals surface area contributed by atoms with Gasteiger partial charge in [-0.3, -0.25) is 0 Å². The van der Waals surface area contributed by atoms with Crippen molar-refractivity contribution in [1.82, 2.24) is 14.1 Å². The number of fused-ring (bicyclic) bond motifs is 9. The fraction of sp³-hybridized carbons (Fsp3) is 0.205. The molecule has 12 aromatic rings. The molecule has 14 rings (SSSR count). The number of para-hydroxylation sites is 5. The molecule has 450 valence electrons. The standard InChI is InChI=1S/C83H77N5O.Pt/c1-79(2,3)57-43-44-72-67(49-57)83(65-37-22-24-39-70(65)87(60-33-20-15-21-34-60)71-40-25-23-38-66(71)83)68-52-69(82(10,11)12)76(53-75(68)88(72)77-50-58(45-46-84-77)80(4,5)6)89-62-36-28-35-61(51-62)85-54-86(74-42-27-26-41-73(74)85)78-63(55-29-16-13-17-30-55)47-59(81(7,8)9)48-64(78)56-31-18-14-19-32-56;/h13-53H,1-12H3;. The second-order valence-electron chi connectivity index (χ2n) is 28.4. The van der Waals surface area contributed by atoms with Gasteiger partial charge in [0.2, 0.25) is 0 Å². The van der Waals surface area contributed by atoms with E-state index in [9.17, 15) is 0 Å². The third-order valence-electron chi connectivity index (χ3n) is 18.4. The zero-order chi connectivity index (χ0) is 62.6. The van der Waals surface area contributed by atoms with Crippen LogP contribution in [0.4, 0.5) is 34.3 Å². The predicted octanol–water partition coefficient (Wildman–Crippen LogP) is 22.2. The van der Waals surface area contributed by atoms with Gasteiger partial charge < -0.3 is 4.90 Å². The zero-order valence-corrected chi connectivity index (χ0v) is 55.9. The molecule has 6 nitrogen and oxygen atoms in total. The molecule has 0 atom stereocenters. The van der Waals surface area contributed by atoms with Gasteiger partial charge in [-0.15, -0.1) is 0 Å². The average Bonchev–Trinajstić information content (AvgIpc) is 0.786. The molecule has 0 aliphatic carbocycles. The van der Waals surface area contributed by atoms with Crippen molar-refractivity contribution in [3.63, 3.8) is 0 Å². The van der Waals surface area contributed by atoms with E-state index in [0.717, 1.165) is 88.7 Å². The third kappa shape index (κ3) is 9.81. The maximum atomic E-state index is 7.63. The molecule has 0 amide bonds. The summed E-state index contributed by atoms with van der Waals surface area (Å²) in [5, 5.41) is 0. The number of hydrogen-bond donors (Lipinski definition) is 0. The molecule has 4 heterocycles. The van der Waals surface area contributed by atoms with Crippen molar-refractivity contribution in [2.45, 2.75) is 110 Å². The van der Waals surface area contributed by atoms with Gasteiger partial charge in [0.25, 0.3) is 0 Å². The van der Waals surface area contributed by atoms with Crippen LogP contribution >= 0.6 is 0 Å². The number of benzene rings is 10. The summed E-state index contributed by atoms with van der Waals surface area (Å²) in [6.07, 6.45) is 1.99. The number of ether oxygens (including phenoxy) is 1. The van der Waals surface area contributed by atoms with Crippen LogP contribution in [0, 0.1) is 3.80 Å². The number of hydrogen-bond acceptors (Lipinski definition) is 4. The summed E-state index contributed by atoms with van der Waals surface area (Å²) < 4.78 is 13.5. The molecule has 0 saturated carbocycles. The molecule has 2 aliphatic rings. The van der Waals surface area contributed by atoms with Crippen LogP contribution in [-0.4, -0.2) is 14.1 Å². The Bertz CT molecular complexity index is 4710. The van der Waals surface area contributed by atoms with Crippen molar-refractivity contribution >= 4 is 45.3 Å². The summed E-state index contributed by atoms with van der Waals surface area (Å²) in [5.41, 5.74) is 22.5. The molecule has 0 N–H and O–H groups in total. The molecule has 2 aliphatic heterocycles. The molecule has 0 fully saturated rings. The molecule has 90 heavy (non-hydrogen) atoms. The van der Waals surface area contributed by atoms with E-state index < -0.39 is 5.41 Å². The molecule has 0 bridgehead atoms. The molecule has 1 spiro atoms. The van der Waals surface area contributed by atoms with Gasteiger partial charge in [-0.05, 0) is 52.3 Å². The molecule has 0 radical (unpaired) electrons. The molecule has 0 unspecified atom stereocenters. The summed E-state index contributed by atoms with van der Waals surface area (Å²) in [4.78, 5) is 10.2. The van der Waals surface area contributed by atoms with E-state index >= 15 is 0 Å². The van der Waals surface area contributed by atoms with E-state index in [1.165, 1.54) is 50.1 Å². The Hall–Kier alpha value is -9.09. The quantitative estimate of drug-likeness (QED) is 0.152.